The van der Waals surface area contributed by atoms with E-state index < -0.39 is 11.9 Å². The molecule has 0 spiro atoms. The molecule has 0 radical (unpaired) electrons. The first-order valence-electron chi connectivity index (χ1n) is 7.63. The second kappa shape index (κ2) is 7.06. The van der Waals surface area contributed by atoms with Crippen molar-refractivity contribution in [2.45, 2.75) is 32.2 Å². The second-order valence-electron chi connectivity index (χ2n) is 5.74. The monoisotopic (exact) mass is 335 g/mol. The van der Waals surface area contributed by atoms with Gasteiger partial charge in [-0.25, -0.2) is 4.39 Å². The first-order chi connectivity index (χ1) is 11.5. The summed E-state index contributed by atoms with van der Waals surface area (Å²) in [6, 6.07) is 5.62. The predicted octanol–water partition coefficient (Wildman–Crippen LogP) is 1.37. The minimum absolute atomic E-state index is 0.0843. The van der Waals surface area contributed by atoms with Gasteiger partial charge in [0.2, 0.25) is 5.91 Å². The van der Waals surface area contributed by atoms with Crippen LogP contribution in [0.5, 0.6) is 0 Å². The predicted molar refractivity (Wildman–Crippen MR) is 80.2 cm³/mol. The minimum atomic E-state index is -1.02. The van der Waals surface area contributed by atoms with Crippen LogP contribution in [-0.4, -0.2) is 45.2 Å². The van der Waals surface area contributed by atoms with Crippen molar-refractivity contribution in [3.8, 4) is 0 Å². The lowest BCUT2D eigenvalue weighted by atomic mass is 10.0. The fraction of sp³-hybridized carbons (Fsp3) is 0.438. The normalized spacial score (nSPS) is 16.0. The molecule has 7 nitrogen and oxygen atoms in total. The van der Waals surface area contributed by atoms with E-state index in [9.17, 15) is 14.3 Å². The zero-order valence-corrected chi connectivity index (χ0v) is 13.2. The number of aromatic nitrogens is 2. The van der Waals surface area contributed by atoms with Crippen molar-refractivity contribution < 1.29 is 23.6 Å². The number of aliphatic hydroxyl groups is 1. The summed E-state index contributed by atoms with van der Waals surface area (Å²) >= 11 is 0. The SMILES string of the molecule is Cc1noc(COC2CN(C(=O)CC(O)c3cccc(F)c3)C2)n1. The molecule has 1 aliphatic rings. The van der Waals surface area contributed by atoms with Gasteiger partial charge in [-0.15, -0.1) is 0 Å². The molecule has 128 valence electrons. The lowest BCUT2D eigenvalue weighted by Crippen LogP contribution is -2.54. The molecule has 1 amide bonds. The van der Waals surface area contributed by atoms with E-state index in [0.29, 0.717) is 30.4 Å². The third-order valence-electron chi connectivity index (χ3n) is 3.81. The number of aliphatic hydroxyl groups excluding tert-OH is 1. The van der Waals surface area contributed by atoms with Crippen LogP contribution in [0.25, 0.3) is 0 Å². The number of likely N-dealkylation sites (tertiary alicyclic amines) is 1. The van der Waals surface area contributed by atoms with Crippen LogP contribution >= 0.6 is 0 Å². The third kappa shape index (κ3) is 3.95. The van der Waals surface area contributed by atoms with Gasteiger partial charge in [-0.05, 0) is 24.6 Å². The number of ether oxygens (including phenoxy) is 1. The van der Waals surface area contributed by atoms with Crippen molar-refractivity contribution in [1.29, 1.82) is 0 Å². The van der Waals surface area contributed by atoms with Crippen LogP contribution in [0.1, 0.15) is 29.8 Å². The molecule has 1 atom stereocenters. The Kier molecular flexibility index (Phi) is 4.86. The van der Waals surface area contributed by atoms with Gasteiger partial charge in [0.05, 0.1) is 18.6 Å². The Hall–Kier alpha value is -2.32. The number of hydrogen-bond donors (Lipinski definition) is 1. The average molecular weight is 335 g/mol. The van der Waals surface area contributed by atoms with Crippen LogP contribution in [0, 0.1) is 12.7 Å². The number of rotatable bonds is 6. The van der Waals surface area contributed by atoms with Gasteiger partial charge in [-0.3, -0.25) is 4.79 Å². The highest BCUT2D eigenvalue weighted by atomic mass is 19.1. The van der Waals surface area contributed by atoms with E-state index in [1.54, 1.807) is 17.9 Å². The Morgan fingerprint density at radius 3 is 3.00 bits per heavy atom. The smallest absolute Gasteiger partial charge is 0.252 e. The largest absolute Gasteiger partial charge is 0.388 e. The van der Waals surface area contributed by atoms with E-state index in [4.69, 9.17) is 9.26 Å². The minimum Gasteiger partial charge on any atom is -0.388 e. The van der Waals surface area contributed by atoms with Gasteiger partial charge in [0.15, 0.2) is 5.82 Å². The molecule has 0 saturated carbocycles. The van der Waals surface area contributed by atoms with Crippen LogP contribution in [0.15, 0.2) is 28.8 Å². The number of aryl methyl sites for hydroxylation is 1. The first kappa shape index (κ1) is 16.5. The lowest BCUT2D eigenvalue weighted by molar-refractivity contribution is -0.148. The Balaban J connectivity index is 1.41. The molecule has 1 aromatic carbocycles. The van der Waals surface area contributed by atoms with E-state index in [0.717, 1.165) is 0 Å². The van der Waals surface area contributed by atoms with E-state index in [1.165, 1.54) is 18.2 Å². The molecule has 2 heterocycles. The Morgan fingerprint density at radius 1 is 1.54 bits per heavy atom. The van der Waals surface area contributed by atoms with Crippen molar-refractivity contribution in [1.82, 2.24) is 15.0 Å². The van der Waals surface area contributed by atoms with Crippen LogP contribution in [0.3, 0.4) is 0 Å². The van der Waals surface area contributed by atoms with Crippen molar-refractivity contribution >= 4 is 5.91 Å². The molecule has 24 heavy (non-hydrogen) atoms. The first-order valence-corrected chi connectivity index (χ1v) is 7.63. The van der Waals surface area contributed by atoms with Crippen molar-refractivity contribution in [3.63, 3.8) is 0 Å². The van der Waals surface area contributed by atoms with Crippen LogP contribution in [0.2, 0.25) is 0 Å². The summed E-state index contributed by atoms with van der Waals surface area (Å²) < 4.78 is 23.6. The van der Waals surface area contributed by atoms with E-state index in [1.807, 2.05) is 0 Å². The standard InChI is InChI=1S/C16H18FN3O4/c1-10-18-15(24-19-10)9-23-13-7-20(8-13)16(22)6-14(21)11-3-2-4-12(17)5-11/h2-5,13-14,21H,6-9H2,1H3. The Bertz CT molecular complexity index is 715. The topological polar surface area (TPSA) is 88.7 Å². The molecule has 1 aromatic heterocycles. The van der Waals surface area contributed by atoms with Crippen molar-refractivity contribution in [2.24, 2.45) is 0 Å². The number of carbonyl (C=O) groups excluding carboxylic acids is 1. The van der Waals surface area contributed by atoms with Gasteiger partial charge in [0, 0.05) is 13.1 Å². The molecule has 1 fully saturated rings. The van der Waals surface area contributed by atoms with E-state index in [2.05, 4.69) is 10.1 Å². The summed E-state index contributed by atoms with van der Waals surface area (Å²) in [4.78, 5) is 17.7. The maximum Gasteiger partial charge on any atom is 0.252 e. The highest BCUT2D eigenvalue weighted by molar-refractivity contribution is 5.77. The number of benzene rings is 1. The zero-order valence-electron chi connectivity index (χ0n) is 13.2. The van der Waals surface area contributed by atoms with Gasteiger partial charge in [0.1, 0.15) is 12.4 Å². The quantitative estimate of drug-likeness (QED) is 0.858. The van der Waals surface area contributed by atoms with Crippen LogP contribution < -0.4 is 0 Å². The molecular formula is C16H18FN3O4. The zero-order chi connectivity index (χ0) is 17.1. The number of amides is 1. The fourth-order valence-corrected chi connectivity index (χ4v) is 2.46. The molecule has 1 saturated heterocycles. The molecular weight excluding hydrogens is 317 g/mol. The molecule has 1 unspecified atom stereocenters. The number of carbonyl (C=O) groups is 1. The third-order valence-corrected chi connectivity index (χ3v) is 3.81. The second-order valence-corrected chi connectivity index (χ2v) is 5.74. The van der Waals surface area contributed by atoms with Gasteiger partial charge >= 0.3 is 0 Å². The average Bonchev–Trinajstić information content (AvgIpc) is 2.91. The van der Waals surface area contributed by atoms with E-state index in [-0.39, 0.29) is 25.0 Å². The maximum absolute atomic E-state index is 13.1. The number of halogens is 1. The van der Waals surface area contributed by atoms with Gasteiger partial charge in [0.25, 0.3) is 5.89 Å². The summed E-state index contributed by atoms with van der Waals surface area (Å²) in [5, 5.41) is 13.7. The highest BCUT2D eigenvalue weighted by Crippen LogP contribution is 2.21. The molecule has 3 rings (SSSR count). The van der Waals surface area contributed by atoms with Gasteiger partial charge < -0.3 is 19.3 Å². The number of hydrogen-bond acceptors (Lipinski definition) is 6. The summed E-state index contributed by atoms with van der Waals surface area (Å²) in [6.45, 7) is 2.82. The van der Waals surface area contributed by atoms with Crippen LogP contribution in [0.4, 0.5) is 4.39 Å². The Morgan fingerprint density at radius 2 is 2.33 bits per heavy atom. The van der Waals surface area contributed by atoms with E-state index >= 15 is 0 Å². The molecule has 0 aliphatic carbocycles. The summed E-state index contributed by atoms with van der Waals surface area (Å²) in [5.74, 6) is 0.317. The van der Waals surface area contributed by atoms with Gasteiger partial charge in [-0.1, -0.05) is 17.3 Å². The van der Waals surface area contributed by atoms with Crippen molar-refractivity contribution in [2.75, 3.05) is 13.1 Å². The van der Waals surface area contributed by atoms with Gasteiger partial charge in [-0.2, -0.15) is 4.98 Å². The summed E-state index contributed by atoms with van der Waals surface area (Å²) in [7, 11) is 0. The van der Waals surface area contributed by atoms with Crippen molar-refractivity contribution in [3.05, 3.63) is 47.4 Å². The lowest BCUT2D eigenvalue weighted by Gasteiger charge is -2.39. The molecule has 1 N–H and O–H groups in total. The number of nitrogens with zero attached hydrogens (tertiary/aromatic N) is 3. The molecule has 2 aromatic rings. The maximum atomic E-state index is 13.1. The molecule has 8 heteroatoms. The Labute approximate surface area is 138 Å². The van der Waals surface area contributed by atoms with Crippen LogP contribution in [-0.2, 0) is 16.1 Å². The highest BCUT2D eigenvalue weighted by Gasteiger charge is 2.32. The summed E-state index contributed by atoms with van der Waals surface area (Å²) in [6.07, 6.45) is -1.19. The fourth-order valence-electron chi connectivity index (χ4n) is 2.46. The molecule has 0 bridgehead atoms. The summed E-state index contributed by atoms with van der Waals surface area (Å²) in [5.41, 5.74) is 0.392. The molecule has 1 aliphatic heterocycles.